The van der Waals surface area contributed by atoms with Crippen LogP contribution in [0.3, 0.4) is 0 Å². The zero-order chi connectivity index (χ0) is 16.8. The molecule has 0 aliphatic carbocycles. The molecule has 3 rings (SSSR count). The van der Waals surface area contributed by atoms with Crippen molar-refractivity contribution in [1.29, 1.82) is 0 Å². The van der Waals surface area contributed by atoms with E-state index in [0.717, 1.165) is 13.1 Å². The van der Waals surface area contributed by atoms with Crippen molar-refractivity contribution in [2.75, 3.05) is 19.6 Å². The maximum Gasteiger partial charge on any atom is 0.251 e. The van der Waals surface area contributed by atoms with Crippen LogP contribution in [0.15, 0.2) is 41.8 Å². The topological polar surface area (TPSA) is 32.3 Å². The van der Waals surface area contributed by atoms with E-state index in [-0.39, 0.29) is 11.9 Å². The van der Waals surface area contributed by atoms with Gasteiger partial charge in [0.25, 0.3) is 5.91 Å². The second-order valence-electron chi connectivity index (χ2n) is 6.20. The third kappa shape index (κ3) is 4.59. The van der Waals surface area contributed by atoms with E-state index in [1.54, 1.807) is 35.6 Å². The molecule has 0 unspecified atom stereocenters. The van der Waals surface area contributed by atoms with Gasteiger partial charge in [-0.25, -0.2) is 0 Å². The second-order valence-corrected chi connectivity index (χ2v) is 7.61. The summed E-state index contributed by atoms with van der Waals surface area (Å²) in [7, 11) is 0. The number of nitrogens with zero attached hydrogens (tertiary/aromatic N) is 1. The van der Waals surface area contributed by atoms with Crippen LogP contribution in [0, 0.1) is 0 Å². The molecule has 2 heterocycles. The number of rotatable bonds is 5. The Bertz CT molecular complexity index is 634. The van der Waals surface area contributed by atoms with E-state index < -0.39 is 0 Å². The summed E-state index contributed by atoms with van der Waals surface area (Å²) in [5, 5.41) is 5.87. The van der Waals surface area contributed by atoms with Crippen LogP contribution in [0.2, 0.25) is 5.02 Å². The minimum Gasteiger partial charge on any atom is -0.350 e. The molecule has 1 aliphatic rings. The quantitative estimate of drug-likeness (QED) is 0.832. The lowest BCUT2D eigenvalue weighted by Crippen LogP contribution is -2.38. The second kappa shape index (κ2) is 8.65. The highest BCUT2D eigenvalue weighted by atomic mass is 35.5. The first kappa shape index (κ1) is 17.5. The lowest BCUT2D eigenvalue weighted by molar-refractivity contribution is 0.0934. The molecule has 128 valence electrons. The molecule has 0 saturated carbocycles. The van der Waals surface area contributed by atoms with Crippen molar-refractivity contribution in [3.05, 3.63) is 57.2 Å². The summed E-state index contributed by atoms with van der Waals surface area (Å²) in [6.45, 7) is 2.86. The third-order valence-corrected chi connectivity index (χ3v) is 5.74. The Morgan fingerprint density at radius 1 is 1.12 bits per heavy atom. The number of hydrogen-bond donors (Lipinski definition) is 1. The van der Waals surface area contributed by atoms with Crippen LogP contribution in [0.5, 0.6) is 0 Å². The Kier molecular flexibility index (Phi) is 6.30. The van der Waals surface area contributed by atoms with Gasteiger partial charge in [-0.3, -0.25) is 9.69 Å². The van der Waals surface area contributed by atoms with Gasteiger partial charge in [0.1, 0.15) is 0 Å². The van der Waals surface area contributed by atoms with E-state index in [9.17, 15) is 4.79 Å². The van der Waals surface area contributed by atoms with E-state index >= 15 is 0 Å². The normalized spacial score (nSPS) is 17.2. The number of likely N-dealkylation sites (tertiary alicyclic amines) is 1. The van der Waals surface area contributed by atoms with Crippen molar-refractivity contribution >= 4 is 28.8 Å². The largest absolute Gasteiger partial charge is 0.350 e. The molecule has 5 heteroatoms. The number of carbonyl (C=O) groups excluding carboxylic acids is 1. The first-order chi connectivity index (χ1) is 11.7. The number of carbonyl (C=O) groups is 1. The molecule has 1 aromatic carbocycles. The van der Waals surface area contributed by atoms with Gasteiger partial charge in [0.15, 0.2) is 0 Å². The molecule has 1 aromatic heterocycles. The van der Waals surface area contributed by atoms with Crippen LogP contribution < -0.4 is 5.32 Å². The molecule has 3 nitrogen and oxygen atoms in total. The molecule has 1 N–H and O–H groups in total. The summed E-state index contributed by atoms with van der Waals surface area (Å²) in [5.41, 5.74) is 0.653. The van der Waals surface area contributed by atoms with Crippen molar-refractivity contribution in [2.45, 2.75) is 31.7 Å². The van der Waals surface area contributed by atoms with Crippen LogP contribution in [-0.2, 0) is 0 Å². The molecule has 1 amide bonds. The average Bonchev–Trinajstić information content (AvgIpc) is 2.98. The molecule has 0 radical (unpaired) electrons. The number of hydrogen-bond acceptors (Lipinski definition) is 3. The molecule has 0 bridgehead atoms. The minimum absolute atomic E-state index is 0.0388. The molecule has 2 aromatic rings. The van der Waals surface area contributed by atoms with Crippen LogP contribution in [0.4, 0.5) is 0 Å². The van der Waals surface area contributed by atoms with Gasteiger partial charge in [-0.1, -0.05) is 30.5 Å². The highest BCUT2D eigenvalue weighted by Gasteiger charge is 2.23. The molecule has 24 heavy (non-hydrogen) atoms. The Balaban J connectivity index is 1.67. The standard InChI is InChI=1S/C19H23ClN2OS/c20-16-9-7-15(8-10-16)19(23)21-14-17(18-6-5-13-24-18)22-11-3-1-2-4-12-22/h5-10,13,17H,1-4,11-12,14H2,(H,21,23)/t17-/m1/s1. The fraction of sp³-hybridized carbons (Fsp3) is 0.421. The van der Waals surface area contributed by atoms with Crippen molar-refractivity contribution in [1.82, 2.24) is 10.2 Å². The Labute approximate surface area is 152 Å². The van der Waals surface area contributed by atoms with E-state index in [4.69, 9.17) is 11.6 Å². The van der Waals surface area contributed by atoms with Crippen LogP contribution in [-0.4, -0.2) is 30.4 Å². The lowest BCUT2D eigenvalue weighted by Gasteiger charge is -2.30. The van der Waals surface area contributed by atoms with E-state index in [1.807, 2.05) is 0 Å². The van der Waals surface area contributed by atoms with Crippen LogP contribution in [0.1, 0.15) is 47.0 Å². The van der Waals surface area contributed by atoms with Crippen molar-refractivity contribution in [3.8, 4) is 0 Å². The maximum atomic E-state index is 12.4. The van der Waals surface area contributed by atoms with Gasteiger partial charge in [-0.05, 0) is 61.6 Å². The molecular formula is C19H23ClN2OS. The minimum atomic E-state index is -0.0388. The Hall–Kier alpha value is -1.36. The summed E-state index contributed by atoms with van der Waals surface area (Å²) in [6, 6.07) is 11.6. The van der Waals surface area contributed by atoms with Gasteiger partial charge >= 0.3 is 0 Å². The molecular weight excluding hydrogens is 340 g/mol. The van der Waals surface area contributed by atoms with Crippen molar-refractivity contribution in [3.63, 3.8) is 0 Å². The molecule has 1 saturated heterocycles. The van der Waals surface area contributed by atoms with Crippen LogP contribution in [0.25, 0.3) is 0 Å². The number of thiophene rings is 1. The van der Waals surface area contributed by atoms with E-state index in [0.29, 0.717) is 17.1 Å². The number of nitrogens with one attached hydrogen (secondary N) is 1. The highest BCUT2D eigenvalue weighted by molar-refractivity contribution is 7.10. The number of benzene rings is 1. The third-order valence-electron chi connectivity index (χ3n) is 4.52. The first-order valence-corrected chi connectivity index (χ1v) is 9.81. The lowest BCUT2D eigenvalue weighted by atomic mass is 10.1. The fourth-order valence-corrected chi connectivity index (χ4v) is 4.18. The van der Waals surface area contributed by atoms with E-state index in [1.165, 1.54) is 30.6 Å². The average molecular weight is 363 g/mol. The summed E-state index contributed by atoms with van der Waals surface area (Å²) >= 11 is 7.66. The van der Waals surface area contributed by atoms with Crippen LogP contribution >= 0.6 is 22.9 Å². The van der Waals surface area contributed by atoms with Gasteiger partial charge in [-0.2, -0.15) is 0 Å². The van der Waals surface area contributed by atoms with E-state index in [2.05, 4.69) is 27.7 Å². The predicted octanol–water partition coefficient (Wildman–Crippen LogP) is 4.75. The number of halogens is 1. The van der Waals surface area contributed by atoms with Gasteiger partial charge < -0.3 is 5.32 Å². The molecule has 1 fully saturated rings. The van der Waals surface area contributed by atoms with Gasteiger partial charge in [-0.15, -0.1) is 11.3 Å². The van der Waals surface area contributed by atoms with Gasteiger partial charge in [0, 0.05) is 22.0 Å². The SMILES string of the molecule is O=C(NC[C@H](c1cccs1)N1CCCCCC1)c1ccc(Cl)cc1. The summed E-state index contributed by atoms with van der Waals surface area (Å²) < 4.78 is 0. The molecule has 1 aliphatic heterocycles. The van der Waals surface area contributed by atoms with Gasteiger partial charge in [0.05, 0.1) is 6.04 Å². The molecule has 1 atom stereocenters. The van der Waals surface area contributed by atoms with Crippen molar-refractivity contribution in [2.24, 2.45) is 0 Å². The highest BCUT2D eigenvalue weighted by Crippen LogP contribution is 2.27. The first-order valence-electron chi connectivity index (χ1n) is 8.55. The number of amides is 1. The van der Waals surface area contributed by atoms with Gasteiger partial charge in [0.2, 0.25) is 0 Å². The maximum absolute atomic E-state index is 12.4. The Morgan fingerprint density at radius 2 is 1.83 bits per heavy atom. The fourth-order valence-electron chi connectivity index (χ4n) is 3.19. The summed E-state index contributed by atoms with van der Waals surface area (Å²) in [5.74, 6) is -0.0388. The zero-order valence-electron chi connectivity index (χ0n) is 13.7. The smallest absolute Gasteiger partial charge is 0.251 e. The molecule has 0 spiro atoms. The Morgan fingerprint density at radius 3 is 2.46 bits per heavy atom. The monoisotopic (exact) mass is 362 g/mol. The van der Waals surface area contributed by atoms with Crippen molar-refractivity contribution < 1.29 is 4.79 Å². The predicted molar refractivity (Wildman–Crippen MR) is 101 cm³/mol. The summed E-state index contributed by atoms with van der Waals surface area (Å²) in [6.07, 6.45) is 5.11. The zero-order valence-corrected chi connectivity index (χ0v) is 15.3. The summed E-state index contributed by atoms with van der Waals surface area (Å²) in [4.78, 5) is 16.3.